The fraction of sp³-hybridized carbons (Fsp3) is 0.0769. The molecule has 0 heterocycles. The first-order valence-electron chi connectivity index (χ1n) is 5.01. The SMILES string of the molecule is Oc1ccc(SCc2ccc(F)c(Br)c2)cc1. The Kier molecular flexibility index (Phi) is 4.07. The molecule has 0 aromatic heterocycles. The number of phenols is 1. The fourth-order valence-corrected chi connectivity index (χ4v) is 2.61. The van der Waals surface area contributed by atoms with Crippen LogP contribution in [0.15, 0.2) is 51.8 Å². The molecular weight excluding hydrogens is 303 g/mol. The van der Waals surface area contributed by atoms with Crippen molar-refractivity contribution >= 4 is 27.7 Å². The molecule has 0 aliphatic rings. The van der Waals surface area contributed by atoms with E-state index in [1.54, 1.807) is 36.0 Å². The number of rotatable bonds is 3. The van der Waals surface area contributed by atoms with Gasteiger partial charge in [-0.25, -0.2) is 4.39 Å². The minimum Gasteiger partial charge on any atom is -0.508 e. The van der Waals surface area contributed by atoms with Crippen LogP contribution in [-0.4, -0.2) is 5.11 Å². The number of hydrogen-bond donors (Lipinski definition) is 1. The standard InChI is InChI=1S/C13H10BrFOS/c14-12-7-9(1-6-13(12)15)8-17-11-4-2-10(16)3-5-11/h1-7,16H,8H2. The van der Waals surface area contributed by atoms with E-state index in [4.69, 9.17) is 5.11 Å². The van der Waals surface area contributed by atoms with Crippen molar-refractivity contribution in [2.45, 2.75) is 10.6 Å². The monoisotopic (exact) mass is 312 g/mol. The molecule has 0 amide bonds. The molecule has 88 valence electrons. The number of benzene rings is 2. The molecule has 1 nitrogen and oxygen atoms in total. The van der Waals surface area contributed by atoms with Gasteiger partial charge in [0.25, 0.3) is 0 Å². The topological polar surface area (TPSA) is 20.2 Å². The van der Waals surface area contributed by atoms with Gasteiger partial charge in [0.05, 0.1) is 4.47 Å². The average molecular weight is 313 g/mol. The van der Waals surface area contributed by atoms with Crippen LogP contribution in [0.2, 0.25) is 0 Å². The first kappa shape index (κ1) is 12.5. The highest BCUT2D eigenvalue weighted by molar-refractivity contribution is 9.10. The van der Waals surface area contributed by atoms with Crippen molar-refractivity contribution in [1.29, 1.82) is 0 Å². The van der Waals surface area contributed by atoms with Crippen molar-refractivity contribution in [1.82, 2.24) is 0 Å². The first-order chi connectivity index (χ1) is 8.15. The van der Waals surface area contributed by atoms with E-state index in [0.717, 1.165) is 16.2 Å². The Morgan fingerprint density at radius 2 is 1.82 bits per heavy atom. The van der Waals surface area contributed by atoms with E-state index >= 15 is 0 Å². The Hall–Kier alpha value is -1.00. The molecule has 0 bridgehead atoms. The summed E-state index contributed by atoms with van der Waals surface area (Å²) in [5.41, 5.74) is 1.05. The predicted molar refractivity (Wildman–Crippen MR) is 71.8 cm³/mol. The van der Waals surface area contributed by atoms with Crippen molar-refractivity contribution in [3.05, 3.63) is 58.3 Å². The molecular formula is C13H10BrFOS. The van der Waals surface area contributed by atoms with E-state index < -0.39 is 0 Å². The maximum atomic E-state index is 13.0. The van der Waals surface area contributed by atoms with E-state index in [-0.39, 0.29) is 11.6 Å². The van der Waals surface area contributed by atoms with Crippen LogP contribution in [0.1, 0.15) is 5.56 Å². The second-order valence-corrected chi connectivity index (χ2v) is 5.43. The lowest BCUT2D eigenvalue weighted by atomic mass is 10.2. The molecule has 0 fully saturated rings. The van der Waals surface area contributed by atoms with Crippen molar-refractivity contribution in [2.24, 2.45) is 0 Å². The van der Waals surface area contributed by atoms with Gasteiger partial charge in [-0.2, -0.15) is 0 Å². The number of aromatic hydroxyl groups is 1. The number of hydrogen-bond acceptors (Lipinski definition) is 2. The Bertz CT molecular complexity index is 513. The summed E-state index contributed by atoms with van der Waals surface area (Å²) in [6.45, 7) is 0. The Morgan fingerprint density at radius 1 is 1.12 bits per heavy atom. The predicted octanol–water partition coefficient (Wildman–Crippen LogP) is 4.59. The van der Waals surface area contributed by atoms with Crippen molar-refractivity contribution < 1.29 is 9.50 Å². The molecule has 0 aliphatic carbocycles. The van der Waals surface area contributed by atoms with Gasteiger partial charge in [0, 0.05) is 10.6 Å². The van der Waals surface area contributed by atoms with Crippen molar-refractivity contribution in [3.63, 3.8) is 0 Å². The van der Waals surface area contributed by atoms with Crippen LogP contribution in [-0.2, 0) is 5.75 Å². The summed E-state index contributed by atoms with van der Waals surface area (Å²) in [4.78, 5) is 1.07. The molecule has 0 saturated heterocycles. The summed E-state index contributed by atoms with van der Waals surface area (Å²) < 4.78 is 13.5. The van der Waals surface area contributed by atoms with Gasteiger partial charge in [-0.3, -0.25) is 0 Å². The highest BCUT2D eigenvalue weighted by atomic mass is 79.9. The quantitative estimate of drug-likeness (QED) is 0.837. The summed E-state index contributed by atoms with van der Waals surface area (Å²) in [5.74, 6) is 0.783. The van der Waals surface area contributed by atoms with Crippen LogP contribution in [0.4, 0.5) is 4.39 Å². The molecule has 0 radical (unpaired) electrons. The van der Waals surface area contributed by atoms with E-state index in [1.165, 1.54) is 6.07 Å². The molecule has 0 spiro atoms. The van der Waals surface area contributed by atoms with Crippen LogP contribution in [0, 0.1) is 5.82 Å². The molecule has 17 heavy (non-hydrogen) atoms. The first-order valence-corrected chi connectivity index (χ1v) is 6.79. The van der Waals surface area contributed by atoms with Crippen LogP contribution in [0.25, 0.3) is 0 Å². The summed E-state index contributed by atoms with van der Waals surface area (Å²) in [6, 6.07) is 12.0. The highest BCUT2D eigenvalue weighted by Crippen LogP contribution is 2.26. The lowest BCUT2D eigenvalue weighted by Crippen LogP contribution is -1.83. The van der Waals surface area contributed by atoms with Gasteiger partial charge < -0.3 is 5.11 Å². The van der Waals surface area contributed by atoms with Crippen LogP contribution < -0.4 is 0 Å². The average Bonchev–Trinajstić information content (AvgIpc) is 2.33. The molecule has 1 N–H and O–H groups in total. The van der Waals surface area contributed by atoms with Gasteiger partial charge in [0.2, 0.25) is 0 Å². The maximum Gasteiger partial charge on any atom is 0.137 e. The van der Waals surface area contributed by atoms with E-state index in [1.807, 2.05) is 12.1 Å². The normalized spacial score (nSPS) is 10.5. The zero-order valence-corrected chi connectivity index (χ0v) is 11.3. The largest absolute Gasteiger partial charge is 0.508 e. The molecule has 0 aliphatic heterocycles. The summed E-state index contributed by atoms with van der Waals surface area (Å²) >= 11 is 4.81. The molecule has 2 aromatic rings. The van der Waals surface area contributed by atoms with E-state index in [9.17, 15) is 4.39 Å². The molecule has 0 saturated carbocycles. The molecule has 0 unspecified atom stereocenters. The number of phenolic OH excluding ortho intramolecular Hbond substituents is 1. The van der Waals surface area contributed by atoms with Gasteiger partial charge in [-0.15, -0.1) is 11.8 Å². The molecule has 4 heteroatoms. The molecule has 2 aromatic carbocycles. The van der Waals surface area contributed by atoms with E-state index in [2.05, 4.69) is 15.9 Å². The number of halogens is 2. The highest BCUT2D eigenvalue weighted by Gasteiger charge is 2.01. The Morgan fingerprint density at radius 3 is 2.47 bits per heavy atom. The number of thioether (sulfide) groups is 1. The van der Waals surface area contributed by atoms with Gasteiger partial charge in [-0.05, 0) is 57.9 Å². The third-order valence-electron chi connectivity index (χ3n) is 2.23. The summed E-state index contributed by atoms with van der Waals surface area (Å²) in [7, 11) is 0. The fourth-order valence-electron chi connectivity index (χ4n) is 1.34. The smallest absolute Gasteiger partial charge is 0.137 e. The maximum absolute atomic E-state index is 13.0. The minimum atomic E-state index is -0.247. The van der Waals surface area contributed by atoms with Gasteiger partial charge >= 0.3 is 0 Å². The van der Waals surface area contributed by atoms with Crippen molar-refractivity contribution in [3.8, 4) is 5.75 Å². The Balaban J connectivity index is 2.02. The van der Waals surface area contributed by atoms with Gasteiger partial charge in [-0.1, -0.05) is 6.07 Å². The summed E-state index contributed by atoms with van der Waals surface area (Å²) in [5, 5.41) is 9.15. The third-order valence-corrected chi connectivity index (χ3v) is 3.92. The lowest BCUT2D eigenvalue weighted by Gasteiger charge is -2.03. The minimum absolute atomic E-state index is 0.247. The van der Waals surface area contributed by atoms with Crippen molar-refractivity contribution in [2.75, 3.05) is 0 Å². The zero-order chi connectivity index (χ0) is 12.3. The summed E-state index contributed by atoms with van der Waals surface area (Å²) in [6.07, 6.45) is 0. The van der Waals surface area contributed by atoms with Crippen LogP contribution >= 0.6 is 27.7 Å². The van der Waals surface area contributed by atoms with Gasteiger partial charge in [0.15, 0.2) is 0 Å². The second-order valence-electron chi connectivity index (χ2n) is 3.53. The zero-order valence-electron chi connectivity index (χ0n) is 8.86. The lowest BCUT2D eigenvalue weighted by molar-refractivity contribution is 0.475. The van der Waals surface area contributed by atoms with Crippen LogP contribution in [0.5, 0.6) is 5.75 Å². The third kappa shape index (κ3) is 3.48. The Labute approximate surface area is 112 Å². The van der Waals surface area contributed by atoms with Gasteiger partial charge in [0.1, 0.15) is 11.6 Å². The van der Waals surface area contributed by atoms with Crippen LogP contribution in [0.3, 0.4) is 0 Å². The molecule has 0 atom stereocenters. The molecule has 2 rings (SSSR count). The van der Waals surface area contributed by atoms with E-state index in [0.29, 0.717) is 4.47 Å². The second kappa shape index (κ2) is 5.56.